The second kappa shape index (κ2) is 7.20. The highest BCUT2D eigenvalue weighted by molar-refractivity contribution is 5.92. The molecular weight excluding hydrogens is 346 g/mol. The van der Waals surface area contributed by atoms with E-state index in [1.165, 1.54) is 4.80 Å². The average molecular weight is 363 g/mol. The lowest BCUT2D eigenvalue weighted by Crippen LogP contribution is -2.23. The number of benzene rings is 1. The Hall–Kier alpha value is -3.82. The van der Waals surface area contributed by atoms with Crippen molar-refractivity contribution in [2.24, 2.45) is 7.05 Å². The molecule has 0 unspecified atom stereocenters. The highest BCUT2D eigenvalue weighted by atomic mass is 16.1. The quantitative estimate of drug-likeness (QED) is 0.540. The fraction of sp³-hybridized carbons (Fsp3) is 0.176. The third-order valence-electron chi connectivity index (χ3n) is 3.84. The zero-order valence-electron chi connectivity index (χ0n) is 14.6. The Morgan fingerprint density at radius 1 is 1.15 bits per heavy atom. The smallest absolute Gasteiger partial charge is 0.272 e. The topological polar surface area (TPSA) is 108 Å². The molecule has 4 aromatic rings. The van der Waals surface area contributed by atoms with Crippen molar-refractivity contribution in [3.63, 3.8) is 0 Å². The number of nitrogens with zero attached hydrogens (tertiary/aromatic N) is 8. The summed E-state index contributed by atoms with van der Waals surface area (Å²) in [4.78, 5) is 13.6. The Balaban J connectivity index is 1.38. The second-order valence-corrected chi connectivity index (χ2v) is 5.94. The summed E-state index contributed by atoms with van der Waals surface area (Å²) in [6.07, 6.45) is 5.25. The number of amides is 1. The largest absolute Gasteiger partial charge is 0.346 e. The van der Waals surface area contributed by atoms with Crippen molar-refractivity contribution in [2.75, 3.05) is 0 Å². The van der Waals surface area contributed by atoms with Crippen molar-refractivity contribution in [3.8, 4) is 11.4 Å². The minimum absolute atomic E-state index is 0.255. The standard InChI is InChI=1S/C17H17N9O/c1-24-11-13(10-19-24)9-18-17(27)15-7-8-25(21-15)12-26-22-16(20-23-26)14-5-3-2-4-6-14/h2-8,10-11H,9,12H2,1H3,(H,18,27). The van der Waals surface area contributed by atoms with E-state index >= 15 is 0 Å². The van der Waals surface area contributed by atoms with Gasteiger partial charge < -0.3 is 5.32 Å². The van der Waals surface area contributed by atoms with Crippen molar-refractivity contribution in [1.82, 2.24) is 45.1 Å². The van der Waals surface area contributed by atoms with Crippen molar-refractivity contribution in [1.29, 1.82) is 0 Å². The number of aromatic nitrogens is 8. The summed E-state index contributed by atoms with van der Waals surface area (Å²) in [5.74, 6) is 0.284. The van der Waals surface area contributed by atoms with Gasteiger partial charge in [0, 0.05) is 37.1 Å². The molecule has 0 saturated heterocycles. The van der Waals surface area contributed by atoms with E-state index in [2.05, 4.69) is 30.9 Å². The van der Waals surface area contributed by atoms with Crippen LogP contribution in [-0.2, 0) is 20.3 Å². The first-order valence-corrected chi connectivity index (χ1v) is 8.30. The number of aryl methyl sites for hydroxylation is 1. The van der Waals surface area contributed by atoms with Crippen LogP contribution in [0.25, 0.3) is 11.4 Å². The van der Waals surface area contributed by atoms with Gasteiger partial charge in [0.2, 0.25) is 5.82 Å². The highest BCUT2D eigenvalue weighted by Crippen LogP contribution is 2.11. The van der Waals surface area contributed by atoms with Gasteiger partial charge in [0.25, 0.3) is 5.91 Å². The number of carbonyl (C=O) groups is 1. The Kier molecular flexibility index (Phi) is 4.44. The molecule has 1 aromatic carbocycles. The van der Waals surface area contributed by atoms with Gasteiger partial charge in [-0.15, -0.1) is 15.0 Å². The summed E-state index contributed by atoms with van der Waals surface area (Å²) in [7, 11) is 1.83. The summed E-state index contributed by atoms with van der Waals surface area (Å²) < 4.78 is 3.26. The van der Waals surface area contributed by atoms with E-state index in [1.54, 1.807) is 27.8 Å². The van der Waals surface area contributed by atoms with Gasteiger partial charge in [-0.2, -0.15) is 10.2 Å². The van der Waals surface area contributed by atoms with Crippen LogP contribution in [-0.4, -0.2) is 45.7 Å². The molecule has 0 radical (unpaired) electrons. The normalized spacial score (nSPS) is 10.9. The van der Waals surface area contributed by atoms with E-state index in [9.17, 15) is 4.79 Å². The average Bonchev–Trinajstić information content (AvgIpc) is 3.42. The Bertz CT molecular complexity index is 1050. The van der Waals surface area contributed by atoms with Crippen LogP contribution < -0.4 is 5.32 Å². The highest BCUT2D eigenvalue weighted by Gasteiger charge is 2.11. The van der Waals surface area contributed by atoms with Crippen LogP contribution in [0.3, 0.4) is 0 Å². The minimum atomic E-state index is -0.255. The fourth-order valence-electron chi connectivity index (χ4n) is 2.53. The molecule has 10 nitrogen and oxygen atoms in total. The van der Waals surface area contributed by atoms with Crippen molar-refractivity contribution < 1.29 is 4.79 Å². The van der Waals surface area contributed by atoms with Gasteiger partial charge in [-0.3, -0.25) is 9.48 Å². The predicted octanol–water partition coefficient (Wildman–Crippen LogP) is 0.706. The molecule has 4 rings (SSSR count). The molecule has 10 heteroatoms. The summed E-state index contributed by atoms with van der Waals surface area (Å²) in [6.45, 7) is 0.653. The van der Waals surface area contributed by atoms with E-state index in [-0.39, 0.29) is 12.6 Å². The van der Waals surface area contributed by atoms with Crippen LogP contribution in [0.2, 0.25) is 0 Å². The first-order valence-electron chi connectivity index (χ1n) is 8.30. The third-order valence-corrected chi connectivity index (χ3v) is 3.84. The lowest BCUT2D eigenvalue weighted by Gasteiger charge is -2.01. The second-order valence-electron chi connectivity index (χ2n) is 5.94. The predicted molar refractivity (Wildman–Crippen MR) is 95.3 cm³/mol. The number of hydrogen-bond donors (Lipinski definition) is 1. The van der Waals surface area contributed by atoms with Gasteiger partial charge in [0.05, 0.1) is 6.20 Å². The summed E-state index contributed by atoms with van der Waals surface area (Å²) in [5.41, 5.74) is 2.13. The van der Waals surface area contributed by atoms with E-state index in [0.717, 1.165) is 11.1 Å². The zero-order valence-corrected chi connectivity index (χ0v) is 14.6. The van der Waals surface area contributed by atoms with Crippen molar-refractivity contribution in [2.45, 2.75) is 13.2 Å². The number of carbonyl (C=O) groups excluding carboxylic acids is 1. The van der Waals surface area contributed by atoms with E-state index < -0.39 is 0 Å². The number of hydrogen-bond acceptors (Lipinski definition) is 6. The van der Waals surface area contributed by atoms with Gasteiger partial charge in [0.15, 0.2) is 6.67 Å². The molecule has 0 fully saturated rings. The lowest BCUT2D eigenvalue weighted by molar-refractivity contribution is 0.0945. The zero-order chi connectivity index (χ0) is 18.6. The molecule has 1 amide bonds. The summed E-state index contributed by atoms with van der Waals surface area (Å²) in [5, 5.41) is 23.5. The van der Waals surface area contributed by atoms with Crippen molar-refractivity contribution >= 4 is 5.91 Å². The number of nitrogens with one attached hydrogen (secondary N) is 1. The molecule has 0 spiro atoms. The molecule has 0 aliphatic carbocycles. The first-order chi connectivity index (χ1) is 13.2. The third kappa shape index (κ3) is 3.89. The molecule has 0 saturated carbocycles. The Labute approximate surface area is 154 Å². The van der Waals surface area contributed by atoms with Crippen molar-refractivity contribution in [3.05, 3.63) is 66.2 Å². The fourth-order valence-corrected chi connectivity index (χ4v) is 2.53. The summed E-state index contributed by atoms with van der Waals surface area (Å²) in [6, 6.07) is 11.2. The maximum atomic E-state index is 12.2. The van der Waals surface area contributed by atoms with Gasteiger partial charge >= 0.3 is 0 Å². The van der Waals surface area contributed by atoms with Gasteiger partial charge in [-0.25, -0.2) is 4.68 Å². The van der Waals surface area contributed by atoms with Crippen LogP contribution in [0.4, 0.5) is 0 Å². The first kappa shape index (κ1) is 16.6. The minimum Gasteiger partial charge on any atom is -0.346 e. The molecule has 0 aliphatic heterocycles. The maximum absolute atomic E-state index is 12.2. The van der Waals surface area contributed by atoms with E-state index in [1.807, 2.05) is 43.6 Å². The molecular formula is C17H17N9O. The van der Waals surface area contributed by atoms with Gasteiger partial charge in [0.1, 0.15) is 5.69 Å². The molecule has 3 aromatic heterocycles. The molecule has 136 valence electrons. The van der Waals surface area contributed by atoms with Crippen LogP contribution in [0.5, 0.6) is 0 Å². The van der Waals surface area contributed by atoms with E-state index in [4.69, 9.17) is 0 Å². The number of rotatable bonds is 6. The molecule has 27 heavy (non-hydrogen) atoms. The molecule has 3 heterocycles. The van der Waals surface area contributed by atoms with Gasteiger partial charge in [-0.05, 0) is 11.3 Å². The Morgan fingerprint density at radius 3 is 2.78 bits per heavy atom. The SMILES string of the molecule is Cn1cc(CNC(=O)c2ccn(Cn3nnc(-c4ccccc4)n3)n2)cn1. The van der Waals surface area contributed by atoms with Crippen LogP contribution in [0.1, 0.15) is 16.1 Å². The number of tetrazole rings is 1. The Morgan fingerprint density at radius 2 is 2.00 bits per heavy atom. The monoisotopic (exact) mass is 363 g/mol. The molecule has 0 atom stereocenters. The van der Waals surface area contributed by atoms with Crippen LogP contribution in [0.15, 0.2) is 55.0 Å². The molecule has 0 aliphatic rings. The summed E-state index contributed by atoms with van der Waals surface area (Å²) >= 11 is 0. The van der Waals surface area contributed by atoms with Crippen LogP contribution >= 0.6 is 0 Å². The van der Waals surface area contributed by atoms with Crippen LogP contribution in [0, 0.1) is 0 Å². The van der Waals surface area contributed by atoms with E-state index in [0.29, 0.717) is 18.1 Å². The molecule has 1 N–H and O–H groups in total. The molecule has 0 bridgehead atoms. The maximum Gasteiger partial charge on any atom is 0.272 e. The van der Waals surface area contributed by atoms with Gasteiger partial charge in [-0.1, -0.05) is 30.3 Å². The lowest BCUT2D eigenvalue weighted by atomic mass is 10.2.